The molecule has 3 N–H and O–H groups in total. The molecule has 4 nitrogen and oxygen atoms in total. The minimum atomic E-state index is -0.0720. The number of anilines is 2. The Hall–Kier alpha value is -2.33. The van der Waals surface area contributed by atoms with Crippen LogP contribution in [0.5, 0.6) is 0 Å². The molecule has 0 spiro atoms. The summed E-state index contributed by atoms with van der Waals surface area (Å²) in [5.74, 6) is 0.417. The van der Waals surface area contributed by atoms with Gasteiger partial charge in [-0.3, -0.25) is 4.79 Å². The second kappa shape index (κ2) is 7.01. The fourth-order valence-electron chi connectivity index (χ4n) is 3.81. The molecule has 4 rings (SSSR count). The first-order chi connectivity index (χ1) is 12.9. The average molecular weight is 364 g/mol. The van der Waals surface area contributed by atoms with Crippen LogP contribution in [0.3, 0.4) is 0 Å². The van der Waals surface area contributed by atoms with E-state index in [1.807, 2.05) is 24.3 Å². The van der Waals surface area contributed by atoms with Gasteiger partial charge in [0.25, 0.3) is 5.91 Å². The van der Waals surface area contributed by atoms with Crippen LogP contribution in [0.4, 0.5) is 11.4 Å². The molecule has 1 saturated heterocycles. The second-order valence-corrected chi connectivity index (χ2v) is 8.78. The van der Waals surface area contributed by atoms with E-state index in [2.05, 4.69) is 48.3 Å². The molecule has 1 aliphatic carbocycles. The molecule has 2 atom stereocenters. The molecule has 2 aliphatic rings. The fourth-order valence-corrected chi connectivity index (χ4v) is 3.81. The number of piperidine rings is 1. The summed E-state index contributed by atoms with van der Waals surface area (Å²) in [5.41, 5.74) is 10.3. The lowest BCUT2D eigenvalue weighted by Crippen LogP contribution is -2.37. The zero-order chi connectivity index (χ0) is 19.0. The molecule has 1 saturated carbocycles. The van der Waals surface area contributed by atoms with E-state index in [0.717, 1.165) is 25.2 Å². The molecule has 1 aliphatic heterocycles. The number of nitrogens with zero attached hydrogens (tertiary/aromatic N) is 1. The van der Waals surface area contributed by atoms with Gasteiger partial charge in [0.1, 0.15) is 0 Å². The van der Waals surface area contributed by atoms with E-state index in [4.69, 9.17) is 5.73 Å². The average Bonchev–Trinajstić information content (AvgIpc) is 3.39. The van der Waals surface area contributed by atoms with Crippen LogP contribution >= 0.6 is 0 Å². The lowest BCUT2D eigenvalue weighted by Gasteiger charge is -2.38. The minimum absolute atomic E-state index is 0.0720. The van der Waals surface area contributed by atoms with Gasteiger partial charge in [-0.25, -0.2) is 0 Å². The predicted molar refractivity (Wildman–Crippen MR) is 111 cm³/mol. The van der Waals surface area contributed by atoms with Crippen LogP contribution in [0, 0.1) is 5.41 Å². The molecule has 1 amide bonds. The Bertz CT molecular complexity index is 801. The van der Waals surface area contributed by atoms with Crippen molar-refractivity contribution in [3.63, 3.8) is 0 Å². The Balaban J connectivity index is 1.36. The predicted octanol–water partition coefficient (Wildman–Crippen LogP) is 4.38. The number of nitrogens with one attached hydrogen (secondary N) is 1. The zero-order valence-electron chi connectivity index (χ0n) is 16.2. The van der Waals surface area contributed by atoms with E-state index in [9.17, 15) is 4.79 Å². The van der Waals surface area contributed by atoms with Crippen LogP contribution in [0.1, 0.15) is 54.9 Å². The highest BCUT2D eigenvalue weighted by molar-refractivity contribution is 6.04. The van der Waals surface area contributed by atoms with E-state index in [1.54, 1.807) is 0 Å². The van der Waals surface area contributed by atoms with Gasteiger partial charge in [0.15, 0.2) is 0 Å². The standard InChI is InChI=1S/C23H29N3O/c1-23(2)11-13-26(14-12-23)19-9-5-17(6-10-19)22(27)25-18-7-3-16(4-8-18)20-15-21(20)24/h3-10,20-21H,11-15,24H2,1-2H3,(H,25,27)/t20-,21+/m0/s1. The molecule has 4 heteroatoms. The third-order valence-electron chi connectivity index (χ3n) is 6.05. The molecule has 142 valence electrons. The Kier molecular flexibility index (Phi) is 4.68. The number of nitrogens with two attached hydrogens (primary N) is 1. The van der Waals surface area contributed by atoms with Crippen LogP contribution in [0.15, 0.2) is 48.5 Å². The van der Waals surface area contributed by atoms with Crippen LogP contribution in [0.2, 0.25) is 0 Å². The number of benzene rings is 2. The van der Waals surface area contributed by atoms with E-state index in [0.29, 0.717) is 22.9 Å². The maximum Gasteiger partial charge on any atom is 0.255 e. The van der Waals surface area contributed by atoms with Crippen molar-refractivity contribution in [3.05, 3.63) is 59.7 Å². The van der Waals surface area contributed by atoms with Crippen molar-refractivity contribution in [2.24, 2.45) is 11.1 Å². The van der Waals surface area contributed by atoms with Gasteiger partial charge in [-0.15, -0.1) is 0 Å². The van der Waals surface area contributed by atoms with Crippen LogP contribution in [-0.4, -0.2) is 25.0 Å². The van der Waals surface area contributed by atoms with E-state index in [1.165, 1.54) is 24.1 Å². The Labute approximate surface area is 161 Å². The van der Waals surface area contributed by atoms with Gasteiger partial charge in [-0.05, 0) is 66.6 Å². The van der Waals surface area contributed by atoms with Crippen molar-refractivity contribution in [2.75, 3.05) is 23.3 Å². The first kappa shape index (κ1) is 18.1. The largest absolute Gasteiger partial charge is 0.371 e. The number of amides is 1. The van der Waals surface area contributed by atoms with Gasteiger partial charge in [0.2, 0.25) is 0 Å². The summed E-state index contributed by atoms with van der Waals surface area (Å²) < 4.78 is 0. The molecule has 2 fully saturated rings. The van der Waals surface area contributed by atoms with Crippen molar-refractivity contribution >= 4 is 17.3 Å². The summed E-state index contributed by atoms with van der Waals surface area (Å²) in [6.07, 6.45) is 3.47. The summed E-state index contributed by atoms with van der Waals surface area (Å²) in [5, 5.41) is 2.98. The molecule has 0 bridgehead atoms. The Morgan fingerprint density at radius 2 is 1.63 bits per heavy atom. The molecule has 0 radical (unpaired) electrons. The number of hydrogen-bond acceptors (Lipinski definition) is 3. The van der Waals surface area contributed by atoms with Gasteiger partial charge in [0.05, 0.1) is 0 Å². The highest BCUT2D eigenvalue weighted by Crippen LogP contribution is 2.39. The lowest BCUT2D eigenvalue weighted by atomic mass is 9.82. The molecular weight excluding hydrogens is 334 g/mol. The Morgan fingerprint density at radius 1 is 1.04 bits per heavy atom. The number of hydrogen-bond donors (Lipinski definition) is 2. The SMILES string of the molecule is CC1(C)CCN(c2ccc(C(=O)Nc3ccc([C@@H]4C[C@H]4N)cc3)cc2)CC1. The third-order valence-corrected chi connectivity index (χ3v) is 6.05. The summed E-state index contributed by atoms with van der Waals surface area (Å²) >= 11 is 0. The quantitative estimate of drug-likeness (QED) is 0.847. The number of carbonyl (C=O) groups is 1. The van der Waals surface area contributed by atoms with E-state index >= 15 is 0 Å². The highest BCUT2D eigenvalue weighted by atomic mass is 16.1. The molecule has 27 heavy (non-hydrogen) atoms. The van der Waals surface area contributed by atoms with Gasteiger partial charge >= 0.3 is 0 Å². The molecule has 2 aromatic rings. The summed E-state index contributed by atoms with van der Waals surface area (Å²) in [4.78, 5) is 14.9. The minimum Gasteiger partial charge on any atom is -0.371 e. The van der Waals surface area contributed by atoms with E-state index in [-0.39, 0.29) is 5.91 Å². The van der Waals surface area contributed by atoms with Crippen molar-refractivity contribution < 1.29 is 4.79 Å². The Morgan fingerprint density at radius 3 is 2.19 bits per heavy atom. The van der Waals surface area contributed by atoms with Crippen LogP contribution in [0.25, 0.3) is 0 Å². The monoisotopic (exact) mass is 363 g/mol. The number of carbonyl (C=O) groups excluding carboxylic acids is 1. The van der Waals surface area contributed by atoms with Crippen LogP contribution in [-0.2, 0) is 0 Å². The van der Waals surface area contributed by atoms with Crippen molar-refractivity contribution in [2.45, 2.75) is 45.1 Å². The van der Waals surface area contributed by atoms with Gasteiger partial charge in [-0.2, -0.15) is 0 Å². The normalized spacial score (nSPS) is 23.7. The van der Waals surface area contributed by atoms with Crippen molar-refractivity contribution in [1.82, 2.24) is 0 Å². The van der Waals surface area contributed by atoms with Gasteiger partial charge in [-0.1, -0.05) is 26.0 Å². The molecule has 0 aromatic heterocycles. The maximum atomic E-state index is 12.5. The lowest BCUT2D eigenvalue weighted by molar-refractivity contribution is 0.102. The topological polar surface area (TPSA) is 58.4 Å². The van der Waals surface area contributed by atoms with Gasteiger partial charge < -0.3 is 16.0 Å². The van der Waals surface area contributed by atoms with Crippen molar-refractivity contribution in [3.8, 4) is 0 Å². The summed E-state index contributed by atoms with van der Waals surface area (Å²) in [6, 6.07) is 16.3. The smallest absolute Gasteiger partial charge is 0.255 e. The first-order valence-electron chi connectivity index (χ1n) is 9.93. The van der Waals surface area contributed by atoms with Crippen LogP contribution < -0.4 is 16.0 Å². The molecule has 2 aromatic carbocycles. The summed E-state index contributed by atoms with van der Waals surface area (Å²) in [7, 11) is 0. The fraction of sp³-hybridized carbons (Fsp3) is 0.435. The molecule has 1 heterocycles. The third kappa shape index (κ3) is 4.16. The first-order valence-corrected chi connectivity index (χ1v) is 9.93. The van der Waals surface area contributed by atoms with Gasteiger partial charge in [0, 0.05) is 42.0 Å². The number of rotatable bonds is 4. The maximum absolute atomic E-state index is 12.5. The van der Waals surface area contributed by atoms with Crippen molar-refractivity contribution in [1.29, 1.82) is 0 Å². The van der Waals surface area contributed by atoms with E-state index < -0.39 is 0 Å². The highest BCUT2D eigenvalue weighted by Gasteiger charge is 2.34. The summed E-state index contributed by atoms with van der Waals surface area (Å²) in [6.45, 7) is 6.83. The zero-order valence-corrected chi connectivity index (χ0v) is 16.2. The molecular formula is C23H29N3O. The second-order valence-electron chi connectivity index (χ2n) is 8.78. The molecule has 0 unspecified atom stereocenters.